The molecule has 0 saturated heterocycles. The lowest BCUT2D eigenvalue weighted by Crippen LogP contribution is -2.22. The Balaban J connectivity index is 1.77. The summed E-state index contributed by atoms with van der Waals surface area (Å²) < 4.78 is 0. The Hall–Kier alpha value is -2.76. The highest BCUT2D eigenvalue weighted by Gasteiger charge is 2.07. The number of carbonyl (C=O) groups is 1. The van der Waals surface area contributed by atoms with Crippen LogP contribution in [0.4, 0.5) is 0 Å². The Morgan fingerprint density at radius 1 is 1.21 bits per heavy atom. The van der Waals surface area contributed by atoms with Gasteiger partial charge in [-0.2, -0.15) is 5.10 Å². The van der Waals surface area contributed by atoms with Crippen molar-refractivity contribution in [3.8, 4) is 0 Å². The van der Waals surface area contributed by atoms with Crippen LogP contribution in [0.3, 0.4) is 0 Å². The molecule has 2 aromatic heterocycles. The summed E-state index contributed by atoms with van der Waals surface area (Å²) in [5, 5.41) is 9.34. The predicted octanol–water partition coefficient (Wildman–Crippen LogP) is 1.28. The van der Waals surface area contributed by atoms with E-state index in [1.165, 1.54) is 0 Å². The fourth-order valence-electron chi connectivity index (χ4n) is 1.76. The van der Waals surface area contributed by atoms with Crippen molar-refractivity contribution in [3.63, 3.8) is 0 Å². The molecule has 0 radical (unpaired) electrons. The second-order valence-electron chi connectivity index (χ2n) is 4.05. The Kier molecular flexibility index (Phi) is 2.89. The summed E-state index contributed by atoms with van der Waals surface area (Å²) >= 11 is 0. The van der Waals surface area contributed by atoms with Crippen molar-refractivity contribution < 1.29 is 4.79 Å². The standard InChI is InChI=1S/C13H11N5O/c19-13(16-6-9-7-17-18-8-9)10-1-2-11-12(5-10)15-4-3-14-11/h1-5,7-8H,6H2,(H,16,19)(H,17,18). The molecule has 6 nitrogen and oxygen atoms in total. The lowest BCUT2D eigenvalue weighted by molar-refractivity contribution is 0.0951. The van der Waals surface area contributed by atoms with Gasteiger partial charge in [0.25, 0.3) is 5.91 Å². The number of nitrogens with zero attached hydrogens (tertiary/aromatic N) is 3. The second kappa shape index (κ2) is 4.85. The van der Waals surface area contributed by atoms with Crippen LogP contribution in [0, 0.1) is 0 Å². The van der Waals surface area contributed by atoms with E-state index in [1.807, 2.05) is 0 Å². The molecule has 1 amide bonds. The zero-order chi connectivity index (χ0) is 13.1. The maximum Gasteiger partial charge on any atom is 0.251 e. The van der Waals surface area contributed by atoms with Crippen molar-refractivity contribution >= 4 is 16.9 Å². The van der Waals surface area contributed by atoms with Gasteiger partial charge in [-0.15, -0.1) is 0 Å². The van der Waals surface area contributed by atoms with Gasteiger partial charge in [-0.3, -0.25) is 19.9 Å². The third-order valence-electron chi connectivity index (χ3n) is 2.74. The Morgan fingerprint density at radius 3 is 2.84 bits per heavy atom. The molecule has 19 heavy (non-hydrogen) atoms. The molecule has 0 fully saturated rings. The van der Waals surface area contributed by atoms with Crippen LogP contribution in [0.25, 0.3) is 11.0 Å². The number of hydrogen-bond donors (Lipinski definition) is 2. The van der Waals surface area contributed by atoms with Crippen molar-refractivity contribution in [1.29, 1.82) is 0 Å². The van der Waals surface area contributed by atoms with Crippen molar-refractivity contribution in [2.45, 2.75) is 6.54 Å². The van der Waals surface area contributed by atoms with Gasteiger partial charge in [0.2, 0.25) is 0 Å². The fourth-order valence-corrected chi connectivity index (χ4v) is 1.76. The number of benzene rings is 1. The number of nitrogens with one attached hydrogen (secondary N) is 2. The number of H-pyrrole nitrogens is 1. The van der Waals surface area contributed by atoms with Crippen LogP contribution in [-0.4, -0.2) is 26.1 Å². The molecule has 0 aliphatic rings. The zero-order valence-corrected chi connectivity index (χ0v) is 10.00. The molecule has 0 unspecified atom stereocenters. The van der Waals surface area contributed by atoms with Gasteiger partial charge in [-0.05, 0) is 18.2 Å². The normalized spacial score (nSPS) is 10.5. The van der Waals surface area contributed by atoms with E-state index in [-0.39, 0.29) is 5.91 Å². The quantitative estimate of drug-likeness (QED) is 0.736. The first-order valence-corrected chi connectivity index (χ1v) is 5.79. The minimum absolute atomic E-state index is 0.145. The van der Waals surface area contributed by atoms with E-state index in [0.29, 0.717) is 17.6 Å². The van der Waals surface area contributed by atoms with Crippen molar-refractivity contribution in [2.75, 3.05) is 0 Å². The summed E-state index contributed by atoms with van der Waals surface area (Å²) in [5.74, 6) is -0.145. The van der Waals surface area contributed by atoms with Crippen molar-refractivity contribution in [2.24, 2.45) is 0 Å². The van der Waals surface area contributed by atoms with Gasteiger partial charge in [-0.25, -0.2) is 0 Å². The first-order chi connectivity index (χ1) is 9.33. The molecule has 0 aliphatic heterocycles. The molecule has 0 saturated carbocycles. The molecular weight excluding hydrogens is 242 g/mol. The second-order valence-corrected chi connectivity index (χ2v) is 4.05. The minimum atomic E-state index is -0.145. The van der Waals surface area contributed by atoms with Crippen LogP contribution in [0.2, 0.25) is 0 Å². The van der Waals surface area contributed by atoms with E-state index in [0.717, 1.165) is 11.1 Å². The number of carbonyl (C=O) groups excluding carboxylic acids is 1. The molecule has 0 aliphatic carbocycles. The molecule has 3 aromatic rings. The van der Waals surface area contributed by atoms with E-state index in [1.54, 1.807) is 43.0 Å². The summed E-state index contributed by atoms with van der Waals surface area (Å²) in [4.78, 5) is 20.3. The van der Waals surface area contributed by atoms with Gasteiger partial charge in [0.15, 0.2) is 0 Å². The molecule has 0 bridgehead atoms. The smallest absolute Gasteiger partial charge is 0.251 e. The number of rotatable bonds is 3. The Bertz CT molecular complexity index is 708. The summed E-state index contributed by atoms with van der Waals surface area (Å²) in [6.45, 7) is 0.438. The summed E-state index contributed by atoms with van der Waals surface area (Å²) in [6.07, 6.45) is 6.65. The highest BCUT2D eigenvalue weighted by molar-refractivity contribution is 5.97. The van der Waals surface area contributed by atoms with E-state index in [9.17, 15) is 4.79 Å². The van der Waals surface area contributed by atoms with Crippen molar-refractivity contribution in [1.82, 2.24) is 25.5 Å². The average Bonchev–Trinajstić information content (AvgIpc) is 2.97. The zero-order valence-electron chi connectivity index (χ0n) is 10.00. The first-order valence-electron chi connectivity index (χ1n) is 5.79. The number of amides is 1. The lowest BCUT2D eigenvalue weighted by Gasteiger charge is -2.04. The fraction of sp³-hybridized carbons (Fsp3) is 0.0769. The van der Waals surface area contributed by atoms with Gasteiger partial charge in [0.05, 0.1) is 17.2 Å². The topological polar surface area (TPSA) is 83.6 Å². The molecule has 0 spiro atoms. The molecule has 2 heterocycles. The number of aromatic nitrogens is 4. The van der Waals surface area contributed by atoms with E-state index < -0.39 is 0 Å². The van der Waals surface area contributed by atoms with Crippen LogP contribution in [0.5, 0.6) is 0 Å². The van der Waals surface area contributed by atoms with Crippen LogP contribution in [0.15, 0.2) is 43.0 Å². The van der Waals surface area contributed by atoms with E-state index in [2.05, 4.69) is 25.5 Å². The maximum atomic E-state index is 12.0. The third-order valence-corrected chi connectivity index (χ3v) is 2.74. The monoisotopic (exact) mass is 253 g/mol. The average molecular weight is 253 g/mol. The van der Waals surface area contributed by atoms with Crippen LogP contribution in [0.1, 0.15) is 15.9 Å². The van der Waals surface area contributed by atoms with E-state index >= 15 is 0 Å². The maximum absolute atomic E-state index is 12.0. The molecule has 0 atom stereocenters. The van der Waals surface area contributed by atoms with E-state index in [4.69, 9.17) is 0 Å². The first kappa shape index (κ1) is 11.3. The molecule has 1 aromatic carbocycles. The largest absolute Gasteiger partial charge is 0.348 e. The number of hydrogen-bond acceptors (Lipinski definition) is 4. The van der Waals surface area contributed by atoms with Crippen LogP contribution < -0.4 is 5.32 Å². The van der Waals surface area contributed by atoms with Gasteiger partial charge < -0.3 is 5.32 Å². The van der Waals surface area contributed by atoms with Gasteiger partial charge in [0.1, 0.15) is 0 Å². The lowest BCUT2D eigenvalue weighted by atomic mass is 10.2. The highest BCUT2D eigenvalue weighted by Crippen LogP contribution is 2.10. The molecule has 94 valence electrons. The van der Waals surface area contributed by atoms with Crippen molar-refractivity contribution in [3.05, 3.63) is 54.1 Å². The highest BCUT2D eigenvalue weighted by atomic mass is 16.1. The molecule has 6 heteroatoms. The summed E-state index contributed by atoms with van der Waals surface area (Å²) in [5.41, 5.74) is 2.97. The molecule has 2 N–H and O–H groups in total. The van der Waals surface area contributed by atoms with Crippen LogP contribution in [-0.2, 0) is 6.54 Å². The van der Waals surface area contributed by atoms with Gasteiger partial charge in [-0.1, -0.05) is 0 Å². The van der Waals surface area contributed by atoms with Gasteiger partial charge in [0, 0.05) is 36.3 Å². The summed E-state index contributed by atoms with van der Waals surface area (Å²) in [6, 6.07) is 5.25. The third kappa shape index (κ3) is 2.42. The minimum Gasteiger partial charge on any atom is -0.348 e. The Labute approximate surface area is 108 Å². The molecular formula is C13H11N5O. The predicted molar refractivity (Wildman–Crippen MR) is 69.3 cm³/mol. The number of fused-ring (bicyclic) bond motifs is 1. The molecule has 3 rings (SSSR count). The van der Waals surface area contributed by atoms with Gasteiger partial charge >= 0.3 is 0 Å². The van der Waals surface area contributed by atoms with Crippen LogP contribution >= 0.6 is 0 Å². The summed E-state index contributed by atoms with van der Waals surface area (Å²) in [7, 11) is 0. The SMILES string of the molecule is O=C(NCc1cn[nH]c1)c1ccc2nccnc2c1. The number of aromatic amines is 1. The Morgan fingerprint density at radius 2 is 2.05 bits per heavy atom.